The minimum atomic E-state index is -4.54. The van der Waals surface area contributed by atoms with E-state index in [0.717, 1.165) is 28.6 Å². The Hall–Kier alpha value is -2.63. The van der Waals surface area contributed by atoms with Crippen molar-refractivity contribution >= 4 is 39.2 Å². The number of rotatable bonds is 7. The Kier molecular flexibility index (Phi) is 7.68. The lowest BCUT2D eigenvalue weighted by molar-refractivity contribution is -0.146. The number of amides is 1. The molecule has 168 valence electrons. The van der Waals surface area contributed by atoms with Crippen LogP contribution in [0.2, 0.25) is 5.02 Å². The van der Waals surface area contributed by atoms with Gasteiger partial charge in [-0.1, -0.05) is 29.8 Å². The van der Waals surface area contributed by atoms with Crippen molar-refractivity contribution in [3.8, 4) is 0 Å². The van der Waals surface area contributed by atoms with E-state index >= 15 is 0 Å². The van der Waals surface area contributed by atoms with E-state index in [1.54, 1.807) is 0 Å². The predicted molar refractivity (Wildman–Crippen MR) is 107 cm³/mol. The van der Waals surface area contributed by atoms with Crippen molar-refractivity contribution in [2.24, 2.45) is 0 Å². The van der Waals surface area contributed by atoms with E-state index in [2.05, 4.69) is 5.32 Å². The highest BCUT2D eigenvalue weighted by atomic mass is 35.5. The Balaban J connectivity index is 1.98. The van der Waals surface area contributed by atoms with Crippen LogP contribution >= 0.6 is 11.6 Å². The van der Waals surface area contributed by atoms with Crippen LogP contribution in [0.25, 0.3) is 0 Å². The molecule has 31 heavy (non-hydrogen) atoms. The number of nitrogens with zero attached hydrogens (tertiary/aromatic N) is 1. The second-order valence-electron chi connectivity index (χ2n) is 6.52. The van der Waals surface area contributed by atoms with Gasteiger partial charge in [0.2, 0.25) is 10.0 Å². The Morgan fingerprint density at radius 1 is 1.13 bits per heavy atom. The molecule has 0 aliphatic heterocycles. The molecule has 12 heteroatoms. The third kappa shape index (κ3) is 6.68. The molecule has 2 rings (SSSR count). The standard InChI is InChI=1S/C19H18ClF3N2O5S/c1-25(2)31(28,29)16-10-14(6-7-15(16)20)24-17(26)11-30-18(27)9-12-4-3-5-13(8-12)19(21,22)23/h3-8,10H,9,11H2,1-2H3,(H,24,26). The van der Waals surface area contributed by atoms with Crippen molar-refractivity contribution in [3.63, 3.8) is 0 Å². The minimum Gasteiger partial charge on any atom is -0.455 e. The molecule has 0 bridgehead atoms. The third-order valence-electron chi connectivity index (χ3n) is 3.94. The van der Waals surface area contributed by atoms with E-state index in [1.807, 2.05) is 0 Å². The second-order valence-corrected chi connectivity index (χ2v) is 9.04. The molecule has 1 amide bonds. The van der Waals surface area contributed by atoms with Crippen LogP contribution in [0.5, 0.6) is 0 Å². The summed E-state index contributed by atoms with van der Waals surface area (Å²) in [6.07, 6.45) is -5.00. The molecule has 0 saturated heterocycles. The maximum absolute atomic E-state index is 12.7. The average Bonchev–Trinajstić information content (AvgIpc) is 2.67. The number of ether oxygens (including phenoxy) is 1. The number of halogens is 4. The Bertz CT molecular complexity index is 1090. The van der Waals surface area contributed by atoms with Gasteiger partial charge in [0.1, 0.15) is 4.90 Å². The number of nitrogens with one attached hydrogen (secondary N) is 1. The molecule has 7 nitrogen and oxygen atoms in total. The van der Waals surface area contributed by atoms with E-state index in [9.17, 15) is 31.2 Å². The van der Waals surface area contributed by atoms with Crippen LogP contribution < -0.4 is 5.32 Å². The van der Waals surface area contributed by atoms with Gasteiger partial charge in [0.15, 0.2) is 6.61 Å². The van der Waals surface area contributed by atoms with E-state index in [4.69, 9.17) is 16.3 Å². The van der Waals surface area contributed by atoms with Gasteiger partial charge in [-0.05, 0) is 29.8 Å². The molecule has 0 aromatic heterocycles. The highest BCUT2D eigenvalue weighted by molar-refractivity contribution is 7.89. The number of benzene rings is 2. The van der Waals surface area contributed by atoms with Crippen LogP contribution in [0, 0.1) is 0 Å². The molecular formula is C19H18ClF3N2O5S. The lowest BCUT2D eigenvalue weighted by atomic mass is 10.1. The summed E-state index contributed by atoms with van der Waals surface area (Å²) in [4.78, 5) is 23.6. The molecule has 0 heterocycles. The summed E-state index contributed by atoms with van der Waals surface area (Å²) in [6.45, 7) is -0.712. The number of hydrogen-bond acceptors (Lipinski definition) is 5. The predicted octanol–water partition coefficient (Wildman–Crippen LogP) is 3.33. The van der Waals surface area contributed by atoms with Gasteiger partial charge >= 0.3 is 12.1 Å². The normalized spacial score (nSPS) is 12.0. The number of alkyl halides is 3. The molecule has 0 aliphatic carbocycles. The fourth-order valence-electron chi connectivity index (χ4n) is 2.39. The van der Waals surface area contributed by atoms with E-state index in [0.29, 0.717) is 0 Å². The summed E-state index contributed by atoms with van der Waals surface area (Å²) in [6, 6.07) is 7.99. The number of hydrogen-bond donors (Lipinski definition) is 1. The first-order chi connectivity index (χ1) is 14.3. The molecule has 0 spiro atoms. The van der Waals surface area contributed by atoms with Gasteiger partial charge in [0.05, 0.1) is 17.0 Å². The lowest BCUT2D eigenvalue weighted by Gasteiger charge is -2.14. The Labute approximate surface area is 181 Å². The van der Waals surface area contributed by atoms with E-state index < -0.39 is 46.7 Å². The first-order valence-corrected chi connectivity index (χ1v) is 10.5. The molecule has 0 saturated carbocycles. The molecule has 0 radical (unpaired) electrons. The molecule has 0 unspecified atom stereocenters. The minimum absolute atomic E-state index is 0.0424. The Morgan fingerprint density at radius 3 is 2.42 bits per heavy atom. The highest BCUT2D eigenvalue weighted by Gasteiger charge is 2.30. The molecule has 0 fully saturated rings. The zero-order valence-corrected chi connectivity index (χ0v) is 17.9. The third-order valence-corrected chi connectivity index (χ3v) is 6.24. The maximum atomic E-state index is 12.7. The molecule has 0 atom stereocenters. The lowest BCUT2D eigenvalue weighted by Crippen LogP contribution is -2.24. The van der Waals surface area contributed by atoms with Crippen molar-refractivity contribution in [1.82, 2.24) is 4.31 Å². The van der Waals surface area contributed by atoms with Gasteiger partial charge in [-0.25, -0.2) is 12.7 Å². The number of carbonyl (C=O) groups excluding carboxylic acids is 2. The van der Waals surface area contributed by atoms with Gasteiger partial charge in [0, 0.05) is 19.8 Å². The zero-order chi connectivity index (χ0) is 23.4. The average molecular weight is 479 g/mol. The highest BCUT2D eigenvalue weighted by Crippen LogP contribution is 2.30. The van der Waals surface area contributed by atoms with Crippen molar-refractivity contribution in [1.29, 1.82) is 0 Å². The summed E-state index contributed by atoms with van der Waals surface area (Å²) in [7, 11) is -1.22. The van der Waals surface area contributed by atoms with Crippen molar-refractivity contribution in [3.05, 3.63) is 58.6 Å². The van der Waals surface area contributed by atoms with Gasteiger partial charge in [-0.15, -0.1) is 0 Å². The first kappa shape index (κ1) is 24.6. The largest absolute Gasteiger partial charge is 0.455 e. The van der Waals surface area contributed by atoms with Crippen LogP contribution in [-0.2, 0) is 36.9 Å². The van der Waals surface area contributed by atoms with Crippen molar-refractivity contribution < 1.29 is 35.9 Å². The summed E-state index contributed by atoms with van der Waals surface area (Å²) in [5.74, 6) is -1.67. The topological polar surface area (TPSA) is 92.8 Å². The van der Waals surface area contributed by atoms with E-state index in [-0.39, 0.29) is 21.2 Å². The molecular weight excluding hydrogens is 461 g/mol. The molecule has 2 aromatic carbocycles. The maximum Gasteiger partial charge on any atom is 0.416 e. The van der Waals surface area contributed by atoms with Crippen LogP contribution in [0.4, 0.5) is 18.9 Å². The quantitative estimate of drug-likeness (QED) is 0.616. The molecule has 0 aliphatic rings. The van der Waals surface area contributed by atoms with Gasteiger partial charge in [0.25, 0.3) is 5.91 Å². The smallest absolute Gasteiger partial charge is 0.416 e. The fourth-order valence-corrected chi connectivity index (χ4v) is 3.79. The van der Waals surface area contributed by atoms with Crippen molar-refractivity contribution in [2.45, 2.75) is 17.5 Å². The molecule has 1 N–H and O–H groups in total. The number of carbonyl (C=O) groups is 2. The van der Waals surface area contributed by atoms with Crippen LogP contribution in [0.1, 0.15) is 11.1 Å². The van der Waals surface area contributed by atoms with Crippen LogP contribution in [0.3, 0.4) is 0 Å². The number of anilines is 1. The molecule has 2 aromatic rings. The summed E-state index contributed by atoms with van der Waals surface area (Å²) in [5, 5.41) is 2.32. The van der Waals surface area contributed by atoms with Gasteiger partial charge in [-0.2, -0.15) is 13.2 Å². The van der Waals surface area contributed by atoms with Crippen LogP contribution in [0.15, 0.2) is 47.4 Å². The van der Waals surface area contributed by atoms with Gasteiger partial charge in [-0.3, -0.25) is 9.59 Å². The fraction of sp³-hybridized carbons (Fsp3) is 0.263. The monoisotopic (exact) mass is 478 g/mol. The summed E-state index contributed by atoms with van der Waals surface area (Å²) in [5.41, 5.74) is -0.720. The Morgan fingerprint density at radius 2 is 1.81 bits per heavy atom. The second kappa shape index (κ2) is 9.67. The number of esters is 1. The first-order valence-electron chi connectivity index (χ1n) is 8.64. The van der Waals surface area contributed by atoms with Crippen molar-refractivity contribution in [2.75, 3.05) is 26.0 Å². The van der Waals surface area contributed by atoms with Gasteiger partial charge < -0.3 is 10.1 Å². The SMILES string of the molecule is CN(C)S(=O)(=O)c1cc(NC(=O)COC(=O)Cc2cccc(C(F)(F)F)c2)ccc1Cl. The number of sulfonamides is 1. The van der Waals surface area contributed by atoms with E-state index in [1.165, 1.54) is 32.3 Å². The zero-order valence-electron chi connectivity index (χ0n) is 16.4. The van der Waals surface area contributed by atoms with Crippen LogP contribution in [-0.4, -0.2) is 45.3 Å². The summed E-state index contributed by atoms with van der Waals surface area (Å²) >= 11 is 5.92. The summed E-state index contributed by atoms with van der Waals surface area (Å²) < 4.78 is 68.4.